The third-order valence-corrected chi connectivity index (χ3v) is 6.15. The van der Waals surface area contributed by atoms with E-state index in [1.807, 2.05) is 66.7 Å². The van der Waals surface area contributed by atoms with Gasteiger partial charge in [-0.2, -0.15) is 5.26 Å². The van der Waals surface area contributed by atoms with Crippen molar-refractivity contribution in [1.82, 2.24) is 4.90 Å². The minimum absolute atomic E-state index is 0.0786. The third-order valence-electron chi connectivity index (χ3n) is 5.15. The Morgan fingerprint density at radius 1 is 1.00 bits per heavy atom. The van der Waals surface area contributed by atoms with E-state index in [1.54, 1.807) is 30.2 Å². The van der Waals surface area contributed by atoms with Gasteiger partial charge in [0.05, 0.1) is 31.4 Å². The summed E-state index contributed by atoms with van der Waals surface area (Å²) in [6, 6.07) is 24.4. The van der Waals surface area contributed by atoms with Crippen molar-refractivity contribution in [1.29, 1.82) is 5.26 Å². The van der Waals surface area contributed by atoms with E-state index >= 15 is 0 Å². The van der Waals surface area contributed by atoms with Crippen molar-refractivity contribution < 1.29 is 19.0 Å². The average molecular weight is 486 g/mol. The lowest BCUT2D eigenvalue weighted by Crippen LogP contribution is -2.28. The van der Waals surface area contributed by atoms with E-state index in [0.29, 0.717) is 28.1 Å². The number of hydrogen-bond donors (Lipinski definition) is 0. The minimum atomic E-state index is -0.135. The first-order valence-corrected chi connectivity index (χ1v) is 11.6. The van der Waals surface area contributed by atoms with Gasteiger partial charge in [-0.3, -0.25) is 9.69 Å². The highest BCUT2D eigenvalue weighted by atomic mass is 32.2. The molecule has 0 unspecified atom stereocenters. The van der Waals surface area contributed by atoms with Gasteiger partial charge < -0.3 is 14.2 Å². The number of amidine groups is 1. The fourth-order valence-electron chi connectivity index (χ4n) is 3.41. The van der Waals surface area contributed by atoms with Crippen LogP contribution in [0.1, 0.15) is 11.1 Å². The second kappa shape index (κ2) is 11.3. The van der Waals surface area contributed by atoms with Crippen molar-refractivity contribution in [2.75, 3.05) is 20.8 Å². The van der Waals surface area contributed by atoms with Gasteiger partial charge in [0, 0.05) is 0 Å². The van der Waals surface area contributed by atoms with Crippen LogP contribution in [0.5, 0.6) is 17.2 Å². The monoisotopic (exact) mass is 485 g/mol. The Bertz CT molecular complexity index is 1300. The number of thioether (sulfide) groups is 1. The largest absolute Gasteiger partial charge is 0.497 e. The van der Waals surface area contributed by atoms with Crippen LogP contribution in [-0.2, 0) is 11.3 Å². The van der Waals surface area contributed by atoms with E-state index < -0.39 is 0 Å². The summed E-state index contributed by atoms with van der Waals surface area (Å²) in [7, 11) is 3.15. The van der Waals surface area contributed by atoms with Gasteiger partial charge in [0.1, 0.15) is 11.8 Å². The van der Waals surface area contributed by atoms with Gasteiger partial charge >= 0.3 is 0 Å². The maximum Gasteiger partial charge on any atom is 0.267 e. The number of benzene rings is 3. The molecular weight excluding hydrogens is 462 g/mol. The van der Waals surface area contributed by atoms with Crippen LogP contribution in [0, 0.1) is 11.3 Å². The van der Waals surface area contributed by atoms with E-state index in [2.05, 4.69) is 0 Å². The first kappa shape index (κ1) is 23.9. The maximum absolute atomic E-state index is 13.4. The third kappa shape index (κ3) is 5.83. The lowest BCUT2D eigenvalue weighted by Gasteiger charge is -2.16. The number of aliphatic imine (C=N–C) groups is 1. The average Bonchev–Trinajstić information content (AvgIpc) is 3.17. The molecule has 0 N–H and O–H groups in total. The van der Waals surface area contributed by atoms with E-state index in [4.69, 9.17) is 24.5 Å². The molecule has 0 radical (unpaired) electrons. The highest BCUT2D eigenvalue weighted by Crippen LogP contribution is 2.36. The van der Waals surface area contributed by atoms with Crippen LogP contribution in [0.2, 0.25) is 0 Å². The summed E-state index contributed by atoms with van der Waals surface area (Å²) in [5.41, 5.74) is 2.50. The number of nitriles is 1. The first-order chi connectivity index (χ1) is 17.1. The molecule has 0 aromatic heterocycles. The molecule has 1 aliphatic heterocycles. The summed E-state index contributed by atoms with van der Waals surface area (Å²) in [6.07, 6.45) is 1.80. The molecule has 1 amide bonds. The van der Waals surface area contributed by atoms with Crippen LogP contribution in [0.3, 0.4) is 0 Å². The number of rotatable bonds is 8. The highest BCUT2D eigenvalue weighted by Gasteiger charge is 2.33. The molecule has 1 saturated heterocycles. The molecule has 3 aromatic carbocycles. The molecular formula is C27H23N3O4S. The number of methoxy groups -OCH3 is 2. The molecule has 4 rings (SSSR count). The van der Waals surface area contributed by atoms with Gasteiger partial charge in [-0.15, -0.1) is 0 Å². The molecule has 1 fully saturated rings. The lowest BCUT2D eigenvalue weighted by atomic mass is 10.1. The van der Waals surface area contributed by atoms with Crippen LogP contribution in [-0.4, -0.2) is 36.8 Å². The summed E-state index contributed by atoms with van der Waals surface area (Å²) in [4.78, 5) is 20.4. The summed E-state index contributed by atoms with van der Waals surface area (Å²) in [5.74, 6) is 1.57. The molecule has 176 valence electrons. The summed E-state index contributed by atoms with van der Waals surface area (Å²) in [6.45, 7) is 0.299. The normalized spacial score (nSPS) is 15.3. The molecule has 0 spiro atoms. The molecule has 8 heteroatoms. The van der Waals surface area contributed by atoms with Gasteiger partial charge in [0.15, 0.2) is 23.3 Å². The molecule has 0 bridgehead atoms. The van der Waals surface area contributed by atoms with Crippen LogP contribution < -0.4 is 14.2 Å². The van der Waals surface area contributed by atoms with Gasteiger partial charge in [-0.05, 0) is 65.4 Å². The zero-order valence-corrected chi connectivity index (χ0v) is 20.1. The molecule has 1 aliphatic rings. The van der Waals surface area contributed by atoms with Crippen molar-refractivity contribution >= 4 is 34.6 Å². The quantitative estimate of drug-likeness (QED) is 0.397. The summed E-state index contributed by atoms with van der Waals surface area (Å²) in [5, 5.41) is 9.37. The fourth-order valence-corrected chi connectivity index (χ4v) is 4.41. The van der Waals surface area contributed by atoms with E-state index in [0.717, 1.165) is 22.6 Å². The Hall–Kier alpha value is -4.22. The molecule has 0 saturated carbocycles. The van der Waals surface area contributed by atoms with Crippen LogP contribution in [0.15, 0.2) is 82.7 Å². The molecule has 35 heavy (non-hydrogen) atoms. The second-order valence-corrected chi connectivity index (χ2v) is 8.45. The Morgan fingerprint density at radius 3 is 2.46 bits per heavy atom. The van der Waals surface area contributed by atoms with Crippen LogP contribution in [0.4, 0.5) is 5.69 Å². The molecule has 0 atom stereocenters. The molecule has 7 nitrogen and oxygen atoms in total. The first-order valence-electron chi connectivity index (χ1n) is 10.8. The lowest BCUT2D eigenvalue weighted by molar-refractivity contribution is -0.122. The van der Waals surface area contributed by atoms with Gasteiger partial charge in [0.2, 0.25) is 0 Å². The van der Waals surface area contributed by atoms with Crippen LogP contribution in [0.25, 0.3) is 6.08 Å². The van der Waals surface area contributed by atoms with Gasteiger partial charge in [-0.25, -0.2) is 4.99 Å². The number of amides is 1. The number of carbonyl (C=O) groups is 1. The Kier molecular flexibility index (Phi) is 7.70. The van der Waals surface area contributed by atoms with Crippen LogP contribution >= 0.6 is 11.8 Å². The maximum atomic E-state index is 13.4. The smallest absolute Gasteiger partial charge is 0.267 e. The van der Waals surface area contributed by atoms with Crippen molar-refractivity contribution in [3.63, 3.8) is 0 Å². The Labute approximate surface area is 208 Å². The Morgan fingerprint density at radius 2 is 1.77 bits per heavy atom. The predicted molar refractivity (Wildman–Crippen MR) is 137 cm³/mol. The van der Waals surface area contributed by atoms with Gasteiger partial charge in [0.25, 0.3) is 5.91 Å². The van der Waals surface area contributed by atoms with Crippen molar-refractivity contribution in [3.8, 4) is 23.3 Å². The Balaban J connectivity index is 1.65. The molecule has 0 aliphatic carbocycles. The van der Waals surface area contributed by atoms with Crippen molar-refractivity contribution in [2.24, 2.45) is 4.99 Å². The number of hydrogen-bond acceptors (Lipinski definition) is 7. The summed E-state index contributed by atoms with van der Waals surface area (Å²) < 4.78 is 16.0. The predicted octanol–water partition coefficient (Wildman–Crippen LogP) is 5.41. The minimum Gasteiger partial charge on any atom is -0.497 e. The van der Waals surface area contributed by atoms with Crippen molar-refractivity contribution in [3.05, 3.63) is 88.8 Å². The SMILES string of the molecule is COc1ccc(CN2C(=O)C(=Cc3ccc(OCC#N)c(OC)c3)SC2=Nc2ccccc2)cc1. The number of nitrogens with zero attached hydrogens (tertiary/aromatic N) is 3. The second-order valence-electron chi connectivity index (χ2n) is 7.44. The fraction of sp³-hybridized carbons (Fsp3) is 0.148. The summed E-state index contributed by atoms with van der Waals surface area (Å²) >= 11 is 1.32. The number of carbonyl (C=O) groups excluding carboxylic acids is 1. The van der Waals surface area contributed by atoms with E-state index in [9.17, 15) is 4.79 Å². The molecule has 1 heterocycles. The topological polar surface area (TPSA) is 84.1 Å². The number of ether oxygens (including phenoxy) is 3. The molecule has 3 aromatic rings. The van der Waals surface area contributed by atoms with E-state index in [-0.39, 0.29) is 12.5 Å². The van der Waals surface area contributed by atoms with Crippen molar-refractivity contribution in [2.45, 2.75) is 6.54 Å². The number of para-hydroxylation sites is 1. The van der Waals surface area contributed by atoms with E-state index in [1.165, 1.54) is 18.9 Å². The zero-order chi connectivity index (χ0) is 24.6. The standard InChI is InChI=1S/C27H23N3O4S/c1-32-22-11-8-19(9-12-22)18-30-26(31)25(35-27(30)29-21-6-4-3-5-7-21)17-20-10-13-23(34-15-14-28)24(16-20)33-2/h3-13,16-17H,15,18H2,1-2H3. The van der Waals surface area contributed by atoms with Gasteiger partial charge in [-0.1, -0.05) is 36.4 Å². The highest BCUT2D eigenvalue weighted by molar-refractivity contribution is 8.18. The zero-order valence-electron chi connectivity index (χ0n) is 19.3.